The molecule has 1 aliphatic heterocycles. The molecule has 1 aromatic carbocycles. The third-order valence-electron chi connectivity index (χ3n) is 4.31. The van der Waals surface area contributed by atoms with Crippen LogP contribution in [0.15, 0.2) is 17.7 Å². The molecule has 1 aromatic rings. The van der Waals surface area contributed by atoms with Crippen LogP contribution in [-0.4, -0.2) is 43.9 Å². The van der Waals surface area contributed by atoms with Gasteiger partial charge in [0.05, 0.1) is 5.57 Å². The van der Waals surface area contributed by atoms with Crippen LogP contribution < -0.4 is 10.6 Å². The molecular formula is C20H23ClF3NO7. The summed E-state index contributed by atoms with van der Waals surface area (Å²) in [6.45, 7) is 5.82. The van der Waals surface area contributed by atoms with Gasteiger partial charge in [-0.1, -0.05) is 32.4 Å². The molecule has 0 fully saturated rings. The minimum absolute atomic E-state index is 0.0747. The van der Waals surface area contributed by atoms with Gasteiger partial charge in [0, 0.05) is 10.6 Å². The predicted octanol–water partition coefficient (Wildman–Crippen LogP) is 4.28. The van der Waals surface area contributed by atoms with Crippen LogP contribution in [0.4, 0.5) is 18.0 Å². The molecule has 0 saturated heterocycles. The molecule has 1 heterocycles. The summed E-state index contributed by atoms with van der Waals surface area (Å²) in [5.74, 6) is 3.42. The van der Waals surface area contributed by atoms with Crippen LogP contribution in [0.2, 0.25) is 5.02 Å². The van der Waals surface area contributed by atoms with Crippen LogP contribution in [0.5, 0.6) is 5.75 Å². The molecule has 0 spiro atoms. The van der Waals surface area contributed by atoms with Crippen LogP contribution in [-0.2, 0) is 29.3 Å². The van der Waals surface area contributed by atoms with E-state index in [1.807, 2.05) is 20.8 Å². The highest BCUT2D eigenvalue weighted by molar-refractivity contribution is 6.31. The Balaban J connectivity index is 2.18. The molecule has 2 unspecified atom stereocenters. The van der Waals surface area contributed by atoms with Gasteiger partial charge in [-0.15, -0.1) is 0 Å². The van der Waals surface area contributed by atoms with Crippen molar-refractivity contribution in [2.24, 2.45) is 5.90 Å². The number of hydrogen-bond donors (Lipinski definition) is 1. The van der Waals surface area contributed by atoms with Crippen LogP contribution in [0.3, 0.4) is 0 Å². The number of hydrogen-bond acceptors (Lipinski definition) is 8. The van der Waals surface area contributed by atoms with Crippen LogP contribution in [0, 0.1) is 0 Å². The molecule has 0 radical (unpaired) electrons. The fourth-order valence-corrected chi connectivity index (χ4v) is 3.14. The SMILES string of the molecule is CC(COC(=O)OCOC(=O)C1=Cc2cc(Cl)c(C(C)(C)C)cc2OC1C(F)(F)F)ON. The maximum absolute atomic E-state index is 13.6. The Hall–Kier alpha value is -2.50. The van der Waals surface area contributed by atoms with E-state index in [0.717, 1.165) is 6.08 Å². The number of rotatable bonds is 6. The zero-order valence-corrected chi connectivity index (χ0v) is 18.5. The average Bonchev–Trinajstić information content (AvgIpc) is 2.68. The molecule has 0 aliphatic carbocycles. The van der Waals surface area contributed by atoms with Crippen molar-refractivity contribution in [1.82, 2.24) is 0 Å². The Bertz CT molecular complexity index is 896. The monoisotopic (exact) mass is 481 g/mol. The van der Waals surface area contributed by atoms with E-state index in [-0.39, 0.29) is 17.9 Å². The largest absolute Gasteiger partial charge is 0.511 e. The molecule has 2 atom stereocenters. The number of ether oxygens (including phenoxy) is 4. The summed E-state index contributed by atoms with van der Waals surface area (Å²) >= 11 is 6.27. The zero-order valence-electron chi connectivity index (χ0n) is 17.7. The summed E-state index contributed by atoms with van der Waals surface area (Å²) in [5.41, 5.74) is -0.524. The quantitative estimate of drug-likeness (QED) is 0.364. The lowest BCUT2D eigenvalue weighted by atomic mass is 9.85. The summed E-state index contributed by atoms with van der Waals surface area (Å²) in [4.78, 5) is 28.1. The molecule has 178 valence electrons. The van der Waals surface area contributed by atoms with E-state index in [2.05, 4.69) is 19.0 Å². The molecular weight excluding hydrogens is 459 g/mol. The summed E-state index contributed by atoms with van der Waals surface area (Å²) < 4.78 is 59.6. The lowest BCUT2D eigenvalue weighted by Gasteiger charge is -2.30. The van der Waals surface area contributed by atoms with Gasteiger partial charge in [0.2, 0.25) is 12.9 Å². The van der Waals surface area contributed by atoms with Crippen molar-refractivity contribution in [2.45, 2.75) is 51.5 Å². The van der Waals surface area contributed by atoms with Gasteiger partial charge in [0.15, 0.2) is 0 Å². The highest BCUT2D eigenvalue weighted by Gasteiger charge is 2.49. The van der Waals surface area contributed by atoms with E-state index < -0.39 is 48.3 Å². The maximum Gasteiger partial charge on any atom is 0.511 e. The van der Waals surface area contributed by atoms with Gasteiger partial charge in [0.25, 0.3) is 0 Å². The number of benzene rings is 1. The van der Waals surface area contributed by atoms with Gasteiger partial charge in [-0.05, 0) is 36.1 Å². The Labute approximate surface area is 187 Å². The standard InChI is InChI=1S/C20H23ClF3NO7/c1-10(32-25)8-28-18(27)30-9-29-17(26)12-5-11-6-14(21)13(19(2,3)4)7-15(11)31-16(12)20(22,23)24/h5-7,10,16H,8-9,25H2,1-4H3. The van der Waals surface area contributed by atoms with Crippen LogP contribution >= 0.6 is 11.6 Å². The lowest BCUT2D eigenvalue weighted by molar-refractivity contribution is -0.189. The fraction of sp³-hybridized carbons (Fsp3) is 0.500. The van der Waals surface area contributed by atoms with E-state index in [1.165, 1.54) is 19.1 Å². The number of alkyl halides is 3. The molecule has 0 amide bonds. The normalized spacial score (nSPS) is 16.9. The smallest absolute Gasteiger partial charge is 0.475 e. The van der Waals surface area contributed by atoms with E-state index in [1.54, 1.807) is 0 Å². The van der Waals surface area contributed by atoms with E-state index in [0.29, 0.717) is 10.6 Å². The highest BCUT2D eigenvalue weighted by Crippen LogP contribution is 2.42. The summed E-state index contributed by atoms with van der Waals surface area (Å²) in [5, 5.41) is 0.302. The third kappa shape index (κ3) is 6.50. The Morgan fingerprint density at radius 2 is 1.84 bits per heavy atom. The van der Waals surface area contributed by atoms with Crippen molar-refractivity contribution in [2.75, 3.05) is 13.4 Å². The van der Waals surface area contributed by atoms with Gasteiger partial charge in [-0.2, -0.15) is 13.2 Å². The van der Waals surface area contributed by atoms with Crippen molar-refractivity contribution in [3.05, 3.63) is 33.9 Å². The Morgan fingerprint density at radius 1 is 1.19 bits per heavy atom. The van der Waals surface area contributed by atoms with E-state index >= 15 is 0 Å². The fourth-order valence-electron chi connectivity index (χ4n) is 2.68. The van der Waals surface area contributed by atoms with Crippen molar-refractivity contribution >= 4 is 29.8 Å². The van der Waals surface area contributed by atoms with Crippen molar-refractivity contribution < 1.29 is 46.5 Å². The molecule has 1 aliphatic rings. The average molecular weight is 482 g/mol. The zero-order chi connectivity index (χ0) is 24.3. The van der Waals surface area contributed by atoms with Crippen molar-refractivity contribution in [1.29, 1.82) is 0 Å². The van der Waals surface area contributed by atoms with Crippen molar-refractivity contribution in [3.8, 4) is 5.75 Å². The second kappa shape index (κ2) is 9.97. The first kappa shape index (κ1) is 25.8. The minimum atomic E-state index is -4.91. The van der Waals surface area contributed by atoms with Gasteiger partial charge < -0.3 is 18.9 Å². The molecule has 8 nitrogen and oxygen atoms in total. The number of nitrogens with two attached hydrogens (primary N) is 1. The van der Waals surface area contributed by atoms with Crippen LogP contribution in [0.25, 0.3) is 6.08 Å². The van der Waals surface area contributed by atoms with Crippen LogP contribution in [0.1, 0.15) is 38.8 Å². The molecule has 2 N–H and O–H groups in total. The summed E-state index contributed by atoms with van der Waals surface area (Å²) in [6.07, 6.45) is -8.35. The third-order valence-corrected chi connectivity index (χ3v) is 4.63. The molecule has 32 heavy (non-hydrogen) atoms. The first-order valence-electron chi connectivity index (χ1n) is 9.35. The lowest BCUT2D eigenvalue weighted by Crippen LogP contribution is -2.41. The number of fused-ring (bicyclic) bond motifs is 1. The Morgan fingerprint density at radius 3 is 2.41 bits per heavy atom. The van der Waals surface area contributed by atoms with Gasteiger partial charge >= 0.3 is 18.3 Å². The Kier molecular flexibility index (Phi) is 8.02. The second-order valence-corrected chi connectivity index (χ2v) is 8.37. The first-order chi connectivity index (χ1) is 14.7. The highest BCUT2D eigenvalue weighted by atomic mass is 35.5. The minimum Gasteiger partial charge on any atom is -0.475 e. The van der Waals surface area contributed by atoms with E-state index in [4.69, 9.17) is 22.2 Å². The van der Waals surface area contributed by atoms with Crippen molar-refractivity contribution in [3.63, 3.8) is 0 Å². The maximum atomic E-state index is 13.6. The number of carbonyl (C=O) groups excluding carboxylic acids is 2. The number of halogens is 4. The van der Waals surface area contributed by atoms with Gasteiger partial charge in [-0.25, -0.2) is 15.5 Å². The molecule has 0 aromatic heterocycles. The predicted molar refractivity (Wildman–Crippen MR) is 107 cm³/mol. The molecule has 0 bridgehead atoms. The second-order valence-electron chi connectivity index (χ2n) is 7.96. The molecule has 2 rings (SSSR count). The van der Waals surface area contributed by atoms with Gasteiger partial charge in [0.1, 0.15) is 18.5 Å². The number of carbonyl (C=O) groups is 2. The van der Waals surface area contributed by atoms with E-state index in [9.17, 15) is 22.8 Å². The first-order valence-corrected chi connectivity index (χ1v) is 9.73. The van der Waals surface area contributed by atoms with Gasteiger partial charge in [-0.3, -0.25) is 4.84 Å². The summed E-state index contributed by atoms with van der Waals surface area (Å²) in [7, 11) is 0. The number of esters is 1. The molecule has 0 saturated carbocycles. The summed E-state index contributed by atoms with van der Waals surface area (Å²) in [6, 6.07) is 2.83. The topological polar surface area (TPSA) is 106 Å². The molecule has 12 heteroatoms.